The highest BCUT2D eigenvalue weighted by Crippen LogP contribution is 2.26. The van der Waals surface area contributed by atoms with E-state index in [0.717, 1.165) is 80.1 Å². The number of rotatable bonds is 7. The van der Waals surface area contributed by atoms with Crippen LogP contribution in [0.3, 0.4) is 0 Å². The third-order valence-corrected chi connectivity index (χ3v) is 6.84. The summed E-state index contributed by atoms with van der Waals surface area (Å²) in [5.74, 6) is 0.529. The molecular formula is C28H29FN6. The predicted octanol–water partition coefficient (Wildman–Crippen LogP) is 5.77. The average Bonchev–Trinajstić information content (AvgIpc) is 3.29. The summed E-state index contributed by atoms with van der Waals surface area (Å²) in [5, 5.41) is 1.17. The Morgan fingerprint density at radius 2 is 1.83 bits per heavy atom. The minimum atomic E-state index is -0.227. The van der Waals surface area contributed by atoms with E-state index in [0.29, 0.717) is 5.69 Å². The number of hydrogen-bond donors (Lipinski definition) is 1. The van der Waals surface area contributed by atoms with E-state index in [1.54, 1.807) is 6.07 Å². The third-order valence-electron chi connectivity index (χ3n) is 6.84. The standard InChI is InChI=1S/C28H29FN6/c1-20-15-23(29)6-8-25(20)22-18-32-28(33-19-22)35-13-11-34(12-14-35)10-4-3-5-21-17-31-27-9-7-24(30-2)16-26(21)27/h6-9,15-19,31H,3-5,10-14H2,1H3. The molecule has 0 radical (unpaired) electrons. The molecule has 2 aromatic carbocycles. The van der Waals surface area contributed by atoms with Crippen molar-refractivity contribution in [2.24, 2.45) is 0 Å². The van der Waals surface area contributed by atoms with Gasteiger partial charge in [0, 0.05) is 55.8 Å². The van der Waals surface area contributed by atoms with Crippen LogP contribution in [0.15, 0.2) is 55.0 Å². The number of anilines is 1. The number of piperazine rings is 1. The van der Waals surface area contributed by atoms with Crippen molar-refractivity contribution >= 4 is 22.5 Å². The molecule has 5 rings (SSSR count). The molecule has 1 fully saturated rings. The topological polar surface area (TPSA) is 52.4 Å². The fourth-order valence-electron chi connectivity index (χ4n) is 4.84. The highest BCUT2D eigenvalue weighted by atomic mass is 19.1. The van der Waals surface area contributed by atoms with Crippen LogP contribution in [-0.2, 0) is 6.42 Å². The molecule has 0 unspecified atom stereocenters. The van der Waals surface area contributed by atoms with Crippen molar-refractivity contribution in [2.75, 3.05) is 37.6 Å². The Bertz CT molecular complexity index is 1350. The molecule has 6 nitrogen and oxygen atoms in total. The number of unbranched alkanes of at least 4 members (excludes halogenated alkanes) is 1. The van der Waals surface area contributed by atoms with E-state index in [-0.39, 0.29) is 5.82 Å². The van der Waals surface area contributed by atoms with Gasteiger partial charge >= 0.3 is 0 Å². The monoisotopic (exact) mass is 468 g/mol. The van der Waals surface area contributed by atoms with Gasteiger partial charge < -0.3 is 9.88 Å². The first-order valence-corrected chi connectivity index (χ1v) is 12.1. The maximum Gasteiger partial charge on any atom is 0.225 e. The lowest BCUT2D eigenvalue weighted by Gasteiger charge is -2.34. The summed E-state index contributed by atoms with van der Waals surface area (Å²) in [6, 6.07) is 10.6. The molecule has 0 bridgehead atoms. The highest BCUT2D eigenvalue weighted by molar-refractivity contribution is 5.86. The van der Waals surface area contributed by atoms with Gasteiger partial charge in [-0.15, -0.1) is 0 Å². The molecule has 1 N–H and O–H groups in total. The van der Waals surface area contributed by atoms with Gasteiger partial charge in [0.1, 0.15) is 5.82 Å². The van der Waals surface area contributed by atoms with Gasteiger partial charge in [0.25, 0.3) is 0 Å². The molecule has 2 aromatic heterocycles. The van der Waals surface area contributed by atoms with Crippen LogP contribution < -0.4 is 4.90 Å². The molecule has 7 heteroatoms. The van der Waals surface area contributed by atoms with Crippen molar-refractivity contribution in [3.8, 4) is 11.1 Å². The summed E-state index contributed by atoms with van der Waals surface area (Å²) < 4.78 is 13.4. The fraction of sp³-hybridized carbons (Fsp3) is 0.321. The number of H-pyrrole nitrogens is 1. The normalized spacial score (nSPS) is 14.4. The van der Waals surface area contributed by atoms with Crippen molar-refractivity contribution in [2.45, 2.75) is 26.2 Å². The molecule has 35 heavy (non-hydrogen) atoms. The predicted molar refractivity (Wildman–Crippen MR) is 138 cm³/mol. The smallest absolute Gasteiger partial charge is 0.225 e. The molecule has 4 aromatic rings. The van der Waals surface area contributed by atoms with Crippen LogP contribution in [0.4, 0.5) is 16.0 Å². The van der Waals surface area contributed by atoms with E-state index in [4.69, 9.17) is 6.57 Å². The molecular weight excluding hydrogens is 439 g/mol. The maximum atomic E-state index is 13.4. The number of halogens is 1. The van der Waals surface area contributed by atoms with Gasteiger partial charge in [0.15, 0.2) is 5.69 Å². The number of fused-ring (bicyclic) bond motifs is 1. The minimum Gasteiger partial charge on any atom is -0.361 e. The van der Waals surface area contributed by atoms with E-state index in [1.807, 2.05) is 37.5 Å². The van der Waals surface area contributed by atoms with E-state index in [1.165, 1.54) is 23.1 Å². The molecule has 3 heterocycles. The van der Waals surface area contributed by atoms with Crippen molar-refractivity contribution in [3.05, 3.63) is 83.4 Å². The van der Waals surface area contributed by atoms with Gasteiger partial charge in [0.05, 0.1) is 6.57 Å². The van der Waals surface area contributed by atoms with E-state index >= 15 is 0 Å². The van der Waals surface area contributed by atoms with Crippen LogP contribution >= 0.6 is 0 Å². The maximum absolute atomic E-state index is 13.4. The first-order valence-electron chi connectivity index (χ1n) is 12.1. The summed E-state index contributed by atoms with van der Waals surface area (Å²) in [4.78, 5) is 20.8. The second-order valence-corrected chi connectivity index (χ2v) is 9.17. The number of benzene rings is 2. The molecule has 0 aliphatic carbocycles. The first-order chi connectivity index (χ1) is 17.1. The van der Waals surface area contributed by atoms with Gasteiger partial charge in [-0.1, -0.05) is 12.1 Å². The minimum absolute atomic E-state index is 0.227. The van der Waals surface area contributed by atoms with E-state index in [9.17, 15) is 4.39 Å². The van der Waals surface area contributed by atoms with Crippen LogP contribution in [0.1, 0.15) is 24.0 Å². The van der Waals surface area contributed by atoms with Crippen molar-refractivity contribution in [1.29, 1.82) is 0 Å². The van der Waals surface area contributed by atoms with Crippen LogP contribution in [0.5, 0.6) is 0 Å². The molecule has 1 aliphatic heterocycles. The lowest BCUT2D eigenvalue weighted by Crippen LogP contribution is -2.47. The summed E-state index contributed by atoms with van der Waals surface area (Å²) >= 11 is 0. The lowest BCUT2D eigenvalue weighted by molar-refractivity contribution is 0.252. The SMILES string of the molecule is [C-]#[N+]c1ccc2[nH]cc(CCCCN3CCN(c4ncc(-c5ccc(F)cc5C)cn4)CC3)c2c1. The van der Waals surface area contributed by atoms with Crippen molar-refractivity contribution < 1.29 is 4.39 Å². The zero-order valence-electron chi connectivity index (χ0n) is 20.0. The van der Waals surface area contributed by atoms with E-state index < -0.39 is 0 Å². The average molecular weight is 469 g/mol. The second-order valence-electron chi connectivity index (χ2n) is 9.17. The zero-order chi connectivity index (χ0) is 24.2. The zero-order valence-corrected chi connectivity index (χ0v) is 20.0. The molecule has 0 atom stereocenters. The van der Waals surface area contributed by atoms with Crippen molar-refractivity contribution in [3.63, 3.8) is 0 Å². The second kappa shape index (κ2) is 10.2. The van der Waals surface area contributed by atoms with Gasteiger partial charge in [-0.3, -0.25) is 4.90 Å². The molecule has 0 amide bonds. The summed E-state index contributed by atoms with van der Waals surface area (Å²) in [6.07, 6.45) is 9.05. The Labute approximate surface area is 205 Å². The Morgan fingerprint density at radius 1 is 1.03 bits per heavy atom. The largest absolute Gasteiger partial charge is 0.361 e. The van der Waals surface area contributed by atoms with Crippen LogP contribution in [-0.4, -0.2) is 52.6 Å². The number of aromatic amines is 1. The quantitative estimate of drug-likeness (QED) is 0.276. The molecule has 0 saturated carbocycles. The summed E-state index contributed by atoms with van der Waals surface area (Å²) in [7, 11) is 0. The van der Waals surface area contributed by atoms with Crippen molar-refractivity contribution in [1.82, 2.24) is 19.9 Å². The Morgan fingerprint density at radius 3 is 2.57 bits per heavy atom. The Balaban J connectivity index is 1.09. The first kappa shape index (κ1) is 23.0. The number of hydrogen-bond acceptors (Lipinski definition) is 4. The Kier molecular flexibility index (Phi) is 6.73. The highest BCUT2D eigenvalue weighted by Gasteiger charge is 2.19. The number of nitrogens with one attached hydrogen (secondary N) is 1. The van der Waals surface area contributed by atoms with E-state index in [2.05, 4.69) is 35.8 Å². The summed E-state index contributed by atoms with van der Waals surface area (Å²) in [6.45, 7) is 14.1. The number of nitrogens with zero attached hydrogens (tertiary/aromatic N) is 5. The van der Waals surface area contributed by atoms with Gasteiger partial charge in [-0.2, -0.15) is 0 Å². The number of aryl methyl sites for hydroxylation is 2. The van der Waals surface area contributed by atoms with Crippen LogP contribution in [0.2, 0.25) is 0 Å². The molecule has 1 saturated heterocycles. The lowest BCUT2D eigenvalue weighted by atomic mass is 10.0. The van der Waals surface area contributed by atoms with Gasteiger partial charge in [0.2, 0.25) is 5.95 Å². The van der Waals surface area contributed by atoms with Crippen LogP contribution in [0.25, 0.3) is 26.9 Å². The third kappa shape index (κ3) is 5.18. The number of aromatic nitrogens is 3. The fourth-order valence-corrected chi connectivity index (χ4v) is 4.84. The summed E-state index contributed by atoms with van der Waals surface area (Å²) in [5.41, 5.74) is 5.85. The molecule has 178 valence electrons. The molecule has 1 aliphatic rings. The van der Waals surface area contributed by atoms with Gasteiger partial charge in [-0.25, -0.2) is 19.2 Å². The Hall–Kier alpha value is -3.76. The van der Waals surface area contributed by atoms with Gasteiger partial charge in [-0.05, 0) is 79.1 Å². The molecule has 0 spiro atoms. The van der Waals surface area contributed by atoms with Crippen LogP contribution in [0, 0.1) is 19.3 Å².